The van der Waals surface area contributed by atoms with E-state index in [1.54, 1.807) is 0 Å². The topological polar surface area (TPSA) is 103 Å². The molecular weight excluding hydrogens is 457 g/mol. The second-order valence-electron chi connectivity index (χ2n) is 7.07. The van der Waals surface area contributed by atoms with Crippen LogP contribution in [0, 0.1) is 13.8 Å². The predicted octanol–water partition coefficient (Wildman–Crippen LogP) is 3.61. The van der Waals surface area contributed by atoms with E-state index in [0.717, 1.165) is 40.7 Å². The zero-order valence-corrected chi connectivity index (χ0v) is 18.2. The fourth-order valence-corrected chi connectivity index (χ4v) is 3.81. The van der Waals surface area contributed by atoms with Crippen molar-refractivity contribution in [2.75, 3.05) is 11.1 Å². The first-order valence-corrected chi connectivity index (χ1v) is 10.6. The second-order valence-corrected chi connectivity index (χ2v) is 8.01. The van der Waals surface area contributed by atoms with E-state index in [4.69, 9.17) is 0 Å². The minimum atomic E-state index is -4.57. The molecule has 4 aromatic rings. The summed E-state index contributed by atoms with van der Waals surface area (Å²) < 4.78 is 42.4. The van der Waals surface area contributed by atoms with Crippen molar-refractivity contribution in [2.45, 2.75) is 25.2 Å². The summed E-state index contributed by atoms with van der Waals surface area (Å²) >= 11 is 1.06. The molecule has 0 aliphatic heterocycles. The van der Waals surface area contributed by atoms with Crippen molar-refractivity contribution in [3.05, 3.63) is 65.7 Å². The molecule has 0 saturated carbocycles. The van der Waals surface area contributed by atoms with Crippen molar-refractivity contribution in [3.8, 4) is 11.4 Å². The van der Waals surface area contributed by atoms with Crippen LogP contribution in [0.15, 0.2) is 54.2 Å². The number of nitrogens with zero attached hydrogens (tertiary/aromatic N) is 7. The number of aryl methyl sites for hydroxylation is 2. The molecule has 0 spiro atoms. The van der Waals surface area contributed by atoms with Crippen molar-refractivity contribution < 1.29 is 18.0 Å². The highest BCUT2D eigenvalue weighted by Crippen LogP contribution is 2.33. The van der Waals surface area contributed by atoms with Crippen molar-refractivity contribution in [2.24, 2.45) is 0 Å². The van der Waals surface area contributed by atoms with E-state index in [1.165, 1.54) is 28.1 Å². The molecule has 0 bridgehead atoms. The molecule has 0 radical (unpaired) electrons. The molecule has 13 heteroatoms. The lowest BCUT2D eigenvalue weighted by molar-refractivity contribution is -0.137. The molecule has 1 N–H and O–H groups in total. The lowest BCUT2D eigenvalue weighted by Gasteiger charge is -2.14. The SMILES string of the molecule is Cc1ccc(-n2nnnc2SCC(=O)Nc2cc(C(F)(F)F)ccc2-n2cncn2)c(C)c1. The summed E-state index contributed by atoms with van der Waals surface area (Å²) in [6.45, 7) is 3.89. The summed E-state index contributed by atoms with van der Waals surface area (Å²) in [7, 11) is 0. The summed E-state index contributed by atoms with van der Waals surface area (Å²) in [5.41, 5.74) is 2.11. The van der Waals surface area contributed by atoms with Crippen molar-refractivity contribution in [1.82, 2.24) is 35.0 Å². The van der Waals surface area contributed by atoms with Gasteiger partial charge in [0.25, 0.3) is 0 Å². The van der Waals surface area contributed by atoms with Gasteiger partial charge in [-0.2, -0.15) is 23.0 Å². The number of benzene rings is 2. The predicted molar refractivity (Wildman–Crippen MR) is 114 cm³/mol. The Hall–Kier alpha value is -3.74. The van der Waals surface area contributed by atoms with E-state index in [0.29, 0.717) is 5.16 Å². The highest BCUT2D eigenvalue weighted by Gasteiger charge is 2.31. The third-order valence-electron chi connectivity index (χ3n) is 4.62. The third kappa shape index (κ3) is 5.03. The molecule has 2 heterocycles. The van der Waals surface area contributed by atoms with Gasteiger partial charge >= 0.3 is 6.18 Å². The number of aromatic nitrogens is 7. The number of rotatable bonds is 6. The summed E-state index contributed by atoms with van der Waals surface area (Å²) in [6.07, 6.45) is -2.00. The largest absolute Gasteiger partial charge is 0.416 e. The maximum absolute atomic E-state index is 13.2. The van der Waals surface area contributed by atoms with Gasteiger partial charge in [-0.1, -0.05) is 29.5 Å². The summed E-state index contributed by atoms with van der Waals surface area (Å²) in [4.78, 5) is 16.4. The minimum absolute atomic E-state index is 0.0464. The highest BCUT2D eigenvalue weighted by molar-refractivity contribution is 7.99. The number of halogens is 3. The Bertz CT molecular complexity index is 1290. The van der Waals surface area contributed by atoms with Crippen LogP contribution in [-0.2, 0) is 11.0 Å². The van der Waals surface area contributed by atoms with Crippen molar-refractivity contribution in [1.29, 1.82) is 0 Å². The minimum Gasteiger partial charge on any atom is -0.323 e. The molecule has 2 aromatic heterocycles. The smallest absolute Gasteiger partial charge is 0.323 e. The fraction of sp³-hybridized carbons (Fsp3) is 0.200. The molecule has 33 heavy (non-hydrogen) atoms. The zero-order valence-electron chi connectivity index (χ0n) is 17.4. The lowest BCUT2D eigenvalue weighted by Crippen LogP contribution is -2.17. The van der Waals surface area contributed by atoms with Gasteiger partial charge in [-0.15, -0.1) is 5.10 Å². The first-order valence-electron chi connectivity index (χ1n) is 9.57. The van der Waals surface area contributed by atoms with Crippen LogP contribution in [0.4, 0.5) is 18.9 Å². The van der Waals surface area contributed by atoms with Crippen molar-refractivity contribution in [3.63, 3.8) is 0 Å². The van der Waals surface area contributed by atoms with E-state index in [2.05, 4.69) is 30.9 Å². The molecule has 0 fully saturated rings. The third-order valence-corrected chi connectivity index (χ3v) is 5.54. The number of carbonyl (C=O) groups is 1. The van der Waals surface area contributed by atoms with E-state index < -0.39 is 17.6 Å². The van der Waals surface area contributed by atoms with Gasteiger partial charge in [0.05, 0.1) is 28.4 Å². The molecule has 2 aromatic carbocycles. The molecular formula is C20H17F3N8OS. The van der Waals surface area contributed by atoms with Gasteiger partial charge in [-0.3, -0.25) is 4.79 Å². The van der Waals surface area contributed by atoms with Gasteiger partial charge in [0.1, 0.15) is 12.7 Å². The van der Waals surface area contributed by atoms with Gasteiger partial charge < -0.3 is 5.32 Å². The van der Waals surface area contributed by atoms with Crippen LogP contribution in [-0.4, -0.2) is 46.6 Å². The number of thioether (sulfide) groups is 1. The van der Waals surface area contributed by atoms with Gasteiger partial charge in [-0.05, 0) is 54.1 Å². The number of carbonyl (C=O) groups excluding carboxylic acids is 1. The normalized spacial score (nSPS) is 11.5. The lowest BCUT2D eigenvalue weighted by atomic mass is 10.1. The number of amides is 1. The van der Waals surface area contributed by atoms with Crippen LogP contribution >= 0.6 is 11.8 Å². The Morgan fingerprint density at radius 3 is 2.61 bits per heavy atom. The number of alkyl halides is 3. The van der Waals surface area contributed by atoms with Gasteiger partial charge in [0.2, 0.25) is 11.1 Å². The van der Waals surface area contributed by atoms with E-state index >= 15 is 0 Å². The molecule has 1 amide bonds. The molecule has 0 aliphatic rings. The second kappa shape index (κ2) is 9.02. The van der Waals surface area contributed by atoms with Gasteiger partial charge in [0.15, 0.2) is 0 Å². The molecule has 0 unspecified atom stereocenters. The fourth-order valence-electron chi connectivity index (χ4n) is 3.12. The molecule has 9 nitrogen and oxygen atoms in total. The maximum Gasteiger partial charge on any atom is 0.416 e. The number of hydrogen-bond donors (Lipinski definition) is 1. The monoisotopic (exact) mass is 474 g/mol. The van der Waals surface area contributed by atoms with Crippen LogP contribution < -0.4 is 5.32 Å². The van der Waals surface area contributed by atoms with E-state index in [1.807, 2.05) is 32.0 Å². The van der Waals surface area contributed by atoms with Crippen LogP contribution in [0.5, 0.6) is 0 Å². The Morgan fingerprint density at radius 1 is 1.12 bits per heavy atom. The van der Waals surface area contributed by atoms with Gasteiger partial charge in [0, 0.05) is 0 Å². The van der Waals surface area contributed by atoms with E-state index in [-0.39, 0.29) is 17.1 Å². The number of anilines is 1. The first kappa shape index (κ1) is 22.5. The van der Waals surface area contributed by atoms with Crippen LogP contribution in [0.3, 0.4) is 0 Å². The number of hydrogen-bond acceptors (Lipinski definition) is 7. The highest BCUT2D eigenvalue weighted by atomic mass is 32.2. The van der Waals surface area contributed by atoms with Crippen LogP contribution in [0.2, 0.25) is 0 Å². The molecule has 0 atom stereocenters. The number of nitrogens with one attached hydrogen (secondary N) is 1. The Balaban J connectivity index is 1.53. The first-order chi connectivity index (χ1) is 15.7. The molecule has 0 aliphatic carbocycles. The summed E-state index contributed by atoms with van der Waals surface area (Å²) in [6, 6.07) is 8.78. The van der Waals surface area contributed by atoms with Crippen LogP contribution in [0.25, 0.3) is 11.4 Å². The van der Waals surface area contributed by atoms with Crippen LogP contribution in [0.1, 0.15) is 16.7 Å². The zero-order chi connectivity index (χ0) is 23.6. The Kier molecular flexibility index (Phi) is 6.14. The molecule has 4 rings (SSSR count). The van der Waals surface area contributed by atoms with Gasteiger partial charge in [-0.25, -0.2) is 9.67 Å². The maximum atomic E-state index is 13.2. The Labute approximate surface area is 190 Å². The average Bonchev–Trinajstić information content (AvgIpc) is 3.44. The summed E-state index contributed by atoms with van der Waals surface area (Å²) in [5.74, 6) is -0.658. The Morgan fingerprint density at radius 2 is 1.91 bits per heavy atom. The quantitative estimate of drug-likeness (QED) is 0.426. The van der Waals surface area contributed by atoms with Crippen molar-refractivity contribution >= 4 is 23.4 Å². The number of tetrazole rings is 1. The van der Waals surface area contributed by atoms with E-state index in [9.17, 15) is 18.0 Å². The standard InChI is InChI=1S/C20H17F3N8OS/c1-12-3-5-16(13(2)7-12)31-19(27-28-29-31)33-9-18(32)26-15-8-14(20(21,22)23)4-6-17(15)30-11-24-10-25-30/h3-8,10-11H,9H2,1-2H3,(H,26,32). The summed E-state index contributed by atoms with van der Waals surface area (Å²) in [5, 5.41) is 18.4. The molecule has 0 saturated heterocycles. The average molecular weight is 474 g/mol. The molecule has 170 valence electrons.